The first-order valence-electron chi connectivity index (χ1n) is 6.92. The molecule has 20 heavy (non-hydrogen) atoms. The van der Waals surface area contributed by atoms with Gasteiger partial charge >= 0.3 is 0 Å². The predicted molar refractivity (Wildman–Crippen MR) is 79.6 cm³/mol. The number of hydrogen-bond donors (Lipinski definition) is 0. The van der Waals surface area contributed by atoms with Gasteiger partial charge in [-0.25, -0.2) is 0 Å². The van der Waals surface area contributed by atoms with E-state index in [4.69, 9.17) is 14.2 Å². The topological polar surface area (TPSA) is 27.7 Å². The molecule has 0 N–H and O–H groups in total. The molecular weight excluding hydrogens is 252 g/mol. The van der Waals surface area contributed by atoms with E-state index in [1.807, 2.05) is 54.6 Å². The lowest BCUT2D eigenvalue weighted by Gasteiger charge is -2.08. The van der Waals surface area contributed by atoms with E-state index in [1.165, 1.54) is 0 Å². The van der Waals surface area contributed by atoms with Crippen LogP contribution < -0.4 is 9.47 Å². The summed E-state index contributed by atoms with van der Waals surface area (Å²) in [4.78, 5) is 0. The minimum absolute atomic E-state index is 0.568. The van der Waals surface area contributed by atoms with Gasteiger partial charge in [0.25, 0.3) is 0 Å². The van der Waals surface area contributed by atoms with Crippen LogP contribution in [0.5, 0.6) is 17.2 Å². The van der Waals surface area contributed by atoms with Gasteiger partial charge in [-0.1, -0.05) is 25.1 Å². The lowest BCUT2D eigenvalue weighted by Crippen LogP contribution is -2.06. The van der Waals surface area contributed by atoms with Crippen molar-refractivity contribution in [1.82, 2.24) is 0 Å². The molecule has 2 rings (SSSR count). The Balaban J connectivity index is 1.78. The highest BCUT2D eigenvalue weighted by molar-refractivity contribution is 5.35. The van der Waals surface area contributed by atoms with E-state index >= 15 is 0 Å². The first-order chi connectivity index (χ1) is 9.88. The van der Waals surface area contributed by atoms with Gasteiger partial charge in [-0.15, -0.1) is 0 Å². The third-order valence-corrected chi connectivity index (χ3v) is 2.65. The van der Waals surface area contributed by atoms with Crippen LogP contribution in [-0.4, -0.2) is 19.8 Å². The van der Waals surface area contributed by atoms with E-state index in [-0.39, 0.29) is 0 Å². The second-order valence-electron chi connectivity index (χ2n) is 4.35. The molecule has 106 valence electrons. The lowest BCUT2D eigenvalue weighted by atomic mass is 10.3. The molecule has 0 aromatic heterocycles. The van der Waals surface area contributed by atoms with E-state index in [9.17, 15) is 0 Å². The van der Waals surface area contributed by atoms with Gasteiger partial charge in [0.05, 0.1) is 6.61 Å². The van der Waals surface area contributed by atoms with Crippen LogP contribution in [0.2, 0.25) is 0 Å². The van der Waals surface area contributed by atoms with Crippen molar-refractivity contribution >= 4 is 0 Å². The molecule has 0 aliphatic heterocycles. The molecule has 2 aromatic carbocycles. The second-order valence-corrected chi connectivity index (χ2v) is 4.35. The van der Waals surface area contributed by atoms with Crippen molar-refractivity contribution in [1.29, 1.82) is 0 Å². The molecular formula is C17H20O3. The zero-order chi connectivity index (χ0) is 14.0. The minimum atomic E-state index is 0.568. The van der Waals surface area contributed by atoms with E-state index in [0.29, 0.717) is 13.2 Å². The maximum atomic E-state index is 5.71. The third-order valence-electron chi connectivity index (χ3n) is 2.65. The molecule has 0 amide bonds. The van der Waals surface area contributed by atoms with Gasteiger partial charge in [-0.05, 0) is 42.8 Å². The van der Waals surface area contributed by atoms with Crippen LogP contribution in [0.25, 0.3) is 0 Å². The van der Waals surface area contributed by atoms with Crippen LogP contribution in [0.4, 0.5) is 0 Å². The van der Waals surface area contributed by atoms with Gasteiger partial charge in [-0.2, -0.15) is 0 Å². The van der Waals surface area contributed by atoms with Crippen molar-refractivity contribution in [3.05, 3.63) is 54.6 Å². The van der Waals surface area contributed by atoms with Crippen LogP contribution in [0.3, 0.4) is 0 Å². The molecule has 0 heterocycles. The number of rotatable bonds is 8. The Labute approximate surface area is 120 Å². The Bertz CT molecular complexity index is 479. The van der Waals surface area contributed by atoms with Crippen molar-refractivity contribution < 1.29 is 14.2 Å². The Morgan fingerprint density at radius 2 is 1.35 bits per heavy atom. The molecule has 0 spiro atoms. The standard InChI is InChI=1S/C17H20O3/c1-2-12-18-13-14-19-15-8-10-17(11-9-15)20-16-6-4-3-5-7-16/h3-11H,2,12-14H2,1H3. The Hall–Kier alpha value is -2.00. The fraction of sp³-hybridized carbons (Fsp3) is 0.294. The summed E-state index contributed by atoms with van der Waals surface area (Å²) in [6.07, 6.45) is 1.03. The monoisotopic (exact) mass is 272 g/mol. The zero-order valence-corrected chi connectivity index (χ0v) is 11.7. The Morgan fingerprint density at radius 1 is 0.700 bits per heavy atom. The normalized spacial score (nSPS) is 10.2. The third kappa shape index (κ3) is 4.94. The van der Waals surface area contributed by atoms with Crippen LogP contribution >= 0.6 is 0 Å². The molecule has 0 atom stereocenters. The maximum Gasteiger partial charge on any atom is 0.127 e. The highest BCUT2D eigenvalue weighted by Crippen LogP contribution is 2.23. The molecule has 0 aliphatic carbocycles. The fourth-order valence-electron chi connectivity index (χ4n) is 1.69. The number of ether oxygens (including phenoxy) is 3. The fourth-order valence-corrected chi connectivity index (χ4v) is 1.69. The number of benzene rings is 2. The van der Waals surface area contributed by atoms with Gasteiger partial charge < -0.3 is 14.2 Å². The summed E-state index contributed by atoms with van der Waals surface area (Å²) in [7, 11) is 0. The Morgan fingerprint density at radius 3 is 2.05 bits per heavy atom. The molecule has 0 radical (unpaired) electrons. The summed E-state index contributed by atoms with van der Waals surface area (Å²) in [5, 5.41) is 0. The summed E-state index contributed by atoms with van der Waals surface area (Å²) < 4.78 is 16.6. The first kappa shape index (κ1) is 14.4. The molecule has 3 heteroatoms. The first-order valence-corrected chi connectivity index (χ1v) is 6.92. The predicted octanol–water partition coefficient (Wildman–Crippen LogP) is 4.28. The highest BCUT2D eigenvalue weighted by atomic mass is 16.5. The largest absolute Gasteiger partial charge is 0.491 e. The summed E-state index contributed by atoms with van der Waals surface area (Å²) in [5.41, 5.74) is 0. The molecule has 0 saturated heterocycles. The Kier molecular flexibility index (Phi) is 5.93. The summed E-state index contributed by atoms with van der Waals surface area (Å²) >= 11 is 0. The molecule has 0 unspecified atom stereocenters. The average Bonchev–Trinajstić information content (AvgIpc) is 2.50. The molecule has 0 aliphatic rings. The van der Waals surface area contributed by atoms with E-state index < -0.39 is 0 Å². The van der Waals surface area contributed by atoms with Crippen molar-refractivity contribution in [2.24, 2.45) is 0 Å². The van der Waals surface area contributed by atoms with Crippen LogP contribution in [0.1, 0.15) is 13.3 Å². The highest BCUT2D eigenvalue weighted by Gasteiger charge is 1.98. The number of hydrogen-bond acceptors (Lipinski definition) is 3. The number of para-hydroxylation sites is 1. The molecule has 2 aromatic rings. The quantitative estimate of drug-likeness (QED) is 0.671. The molecule has 0 fully saturated rings. The lowest BCUT2D eigenvalue weighted by molar-refractivity contribution is 0.101. The van der Waals surface area contributed by atoms with Crippen molar-refractivity contribution in [3.63, 3.8) is 0 Å². The van der Waals surface area contributed by atoms with Gasteiger partial charge in [-0.3, -0.25) is 0 Å². The second kappa shape index (κ2) is 8.23. The van der Waals surface area contributed by atoms with Gasteiger partial charge in [0, 0.05) is 6.61 Å². The van der Waals surface area contributed by atoms with Gasteiger partial charge in [0.2, 0.25) is 0 Å². The zero-order valence-electron chi connectivity index (χ0n) is 11.7. The smallest absolute Gasteiger partial charge is 0.127 e. The average molecular weight is 272 g/mol. The van der Waals surface area contributed by atoms with E-state index in [1.54, 1.807) is 0 Å². The van der Waals surface area contributed by atoms with Crippen molar-refractivity contribution in [2.75, 3.05) is 19.8 Å². The molecule has 3 nitrogen and oxygen atoms in total. The molecule has 0 bridgehead atoms. The minimum Gasteiger partial charge on any atom is -0.491 e. The maximum absolute atomic E-state index is 5.71. The van der Waals surface area contributed by atoms with Crippen LogP contribution in [0, 0.1) is 0 Å². The van der Waals surface area contributed by atoms with Crippen molar-refractivity contribution in [2.45, 2.75) is 13.3 Å². The van der Waals surface area contributed by atoms with Crippen LogP contribution in [0.15, 0.2) is 54.6 Å². The van der Waals surface area contributed by atoms with Crippen molar-refractivity contribution in [3.8, 4) is 17.2 Å². The SMILES string of the molecule is CCCOCCOc1ccc(Oc2ccccc2)cc1. The van der Waals surface area contributed by atoms with Gasteiger partial charge in [0.1, 0.15) is 23.9 Å². The summed E-state index contributed by atoms with van der Waals surface area (Å²) in [6, 6.07) is 17.3. The van der Waals surface area contributed by atoms with E-state index in [2.05, 4.69) is 6.92 Å². The van der Waals surface area contributed by atoms with Gasteiger partial charge in [0.15, 0.2) is 0 Å². The van der Waals surface area contributed by atoms with E-state index in [0.717, 1.165) is 30.3 Å². The summed E-state index contributed by atoms with van der Waals surface area (Å²) in [5.74, 6) is 2.45. The van der Waals surface area contributed by atoms with Crippen LogP contribution in [-0.2, 0) is 4.74 Å². The summed E-state index contributed by atoms with van der Waals surface area (Å²) in [6.45, 7) is 4.06. The molecule has 0 saturated carbocycles.